The van der Waals surface area contributed by atoms with Crippen LogP contribution in [0.2, 0.25) is 0 Å². The van der Waals surface area contributed by atoms with Crippen LogP contribution >= 0.6 is 0 Å². The molecule has 0 aromatic heterocycles. The molecule has 0 aromatic carbocycles. The van der Waals surface area contributed by atoms with E-state index in [-0.39, 0.29) is 18.1 Å². The molecule has 88 valence electrons. The maximum Gasteiger partial charge on any atom is 0.217 e. The predicted molar refractivity (Wildman–Crippen MR) is 57.6 cm³/mol. The van der Waals surface area contributed by atoms with Gasteiger partial charge in [-0.05, 0) is 12.3 Å². The van der Waals surface area contributed by atoms with Crippen molar-refractivity contribution in [1.29, 1.82) is 0 Å². The number of carbonyl (C=O) groups excluding carboxylic acids is 1. The minimum atomic E-state index is -0.0000260. The summed E-state index contributed by atoms with van der Waals surface area (Å²) in [6, 6.07) is 0.100. The van der Waals surface area contributed by atoms with E-state index in [0.29, 0.717) is 19.1 Å². The molecule has 2 atom stereocenters. The van der Waals surface area contributed by atoms with Crippen molar-refractivity contribution in [3.8, 4) is 0 Å². The van der Waals surface area contributed by atoms with Crippen LogP contribution in [-0.4, -0.2) is 37.9 Å². The first-order valence-electron chi connectivity index (χ1n) is 5.56. The number of nitrogens with one attached hydrogen (secondary N) is 1. The quantitative estimate of drug-likeness (QED) is 0.743. The van der Waals surface area contributed by atoms with Gasteiger partial charge in [-0.2, -0.15) is 0 Å². The van der Waals surface area contributed by atoms with E-state index in [9.17, 15) is 4.79 Å². The zero-order valence-corrected chi connectivity index (χ0v) is 9.79. The zero-order valence-electron chi connectivity index (χ0n) is 9.79. The zero-order chi connectivity index (χ0) is 11.3. The second kappa shape index (κ2) is 6.08. The van der Waals surface area contributed by atoms with E-state index < -0.39 is 0 Å². The van der Waals surface area contributed by atoms with Gasteiger partial charge in [0.1, 0.15) is 0 Å². The van der Waals surface area contributed by atoms with Gasteiger partial charge in [0.05, 0.1) is 25.4 Å². The molecule has 0 aromatic rings. The number of rotatable bonds is 5. The molecular weight excluding hydrogens is 194 g/mol. The second-order valence-electron chi connectivity index (χ2n) is 4.37. The van der Waals surface area contributed by atoms with Crippen LogP contribution in [0.25, 0.3) is 0 Å². The molecule has 1 unspecified atom stereocenters. The Morgan fingerprint density at radius 3 is 2.80 bits per heavy atom. The fourth-order valence-electron chi connectivity index (χ4n) is 1.55. The van der Waals surface area contributed by atoms with Crippen LogP contribution in [0.15, 0.2) is 0 Å². The van der Waals surface area contributed by atoms with Gasteiger partial charge in [0.15, 0.2) is 0 Å². The molecule has 1 N–H and O–H groups in total. The third-order valence-corrected chi connectivity index (χ3v) is 2.59. The predicted octanol–water partition coefficient (Wildman–Crippen LogP) is 0.953. The second-order valence-corrected chi connectivity index (χ2v) is 4.37. The van der Waals surface area contributed by atoms with Gasteiger partial charge in [0.2, 0.25) is 5.91 Å². The SMILES string of the molecule is CC(=O)N[C@@H](COC1CCOC1)C(C)C. The van der Waals surface area contributed by atoms with Gasteiger partial charge in [-0.3, -0.25) is 4.79 Å². The van der Waals surface area contributed by atoms with Gasteiger partial charge in [-0.25, -0.2) is 0 Å². The van der Waals surface area contributed by atoms with Crippen LogP contribution in [-0.2, 0) is 14.3 Å². The summed E-state index contributed by atoms with van der Waals surface area (Å²) in [5.74, 6) is 0.385. The minimum absolute atomic E-state index is 0.0000260. The Hall–Kier alpha value is -0.610. The van der Waals surface area contributed by atoms with Crippen LogP contribution in [0, 0.1) is 5.92 Å². The van der Waals surface area contributed by atoms with Crippen molar-refractivity contribution in [2.24, 2.45) is 5.92 Å². The Morgan fingerprint density at radius 2 is 2.33 bits per heavy atom. The Bertz CT molecular complexity index is 200. The highest BCUT2D eigenvalue weighted by molar-refractivity contribution is 5.73. The normalized spacial score (nSPS) is 23.1. The van der Waals surface area contributed by atoms with E-state index in [1.165, 1.54) is 6.92 Å². The minimum Gasteiger partial charge on any atom is -0.379 e. The first-order chi connectivity index (χ1) is 7.09. The molecule has 0 aliphatic carbocycles. The molecule has 1 aliphatic rings. The van der Waals surface area contributed by atoms with Gasteiger partial charge in [-0.15, -0.1) is 0 Å². The van der Waals surface area contributed by atoms with Gasteiger partial charge >= 0.3 is 0 Å². The van der Waals surface area contributed by atoms with E-state index in [4.69, 9.17) is 9.47 Å². The molecule has 0 saturated carbocycles. The molecule has 0 radical (unpaired) electrons. The smallest absolute Gasteiger partial charge is 0.217 e. The highest BCUT2D eigenvalue weighted by atomic mass is 16.5. The molecule has 1 amide bonds. The lowest BCUT2D eigenvalue weighted by molar-refractivity contribution is -0.120. The molecule has 1 rings (SSSR count). The van der Waals surface area contributed by atoms with Crippen LogP contribution in [0.3, 0.4) is 0 Å². The highest BCUT2D eigenvalue weighted by Crippen LogP contribution is 2.10. The standard InChI is InChI=1S/C11H21NO3/c1-8(2)11(12-9(3)13)7-15-10-4-5-14-6-10/h8,10-11H,4-7H2,1-3H3,(H,12,13)/t10?,11-/m0/s1. The molecule has 1 heterocycles. The summed E-state index contributed by atoms with van der Waals surface area (Å²) < 4.78 is 10.9. The number of carbonyl (C=O) groups is 1. The van der Waals surface area contributed by atoms with E-state index in [1.54, 1.807) is 0 Å². The summed E-state index contributed by atoms with van der Waals surface area (Å²) in [4.78, 5) is 11.0. The summed E-state index contributed by atoms with van der Waals surface area (Å²) in [5, 5.41) is 2.90. The van der Waals surface area contributed by atoms with Crippen LogP contribution in [0.5, 0.6) is 0 Å². The van der Waals surface area contributed by atoms with E-state index in [1.807, 2.05) is 0 Å². The average Bonchev–Trinajstić information content (AvgIpc) is 2.63. The fourth-order valence-corrected chi connectivity index (χ4v) is 1.55. The van der Waals surface area contributed by atoms with Gasteiger partial charge in [-0.1, -0.05) is 13.8 Å². The molecule has 4 heteroatoms. The maximum absolute atomic E-state index is 11.0. The maximum atomic E-state index is 11.0. The van der Waals surface area contributed by atoms with Crippen molar-refractivity contribution in [1.82, 2.24) is 5.32 Å². The van der Waals surface area contributed by atoms with Crippen molar-refractivity contribution >= 4 is 5.91 Å². The molecule has 0 spiro atoms. The van der Waals surface area contributed by atoms with Gasteiger partial charge in [0, 0.05) is 13.5 Å². The first-order valence-corrected chi connectivity index (χ1v) is 5.56. The third-order valence-electron chi connectivity index (χ3n) is 2.59. The summed E-state index contributed by atoms with van der Waals surface area (Å²) in [7, 11) is 0. The van der Waals surface area contributed by atoms with Crippen LogP contribution in [0.4, 0.5) is 0 Å². The van der Waals surface area contributed by atoms with Gasteiger partial charge < -0.3 is 14.8 Å². The van der Waals surface area contributed by atoms with Crippen LogP contribution in [0.1, 0.15) is 27.2 Å². The highest BCUT2D eigenvalue weighted by Gasteiger charge is 2.20. The summed E-state index contributed by atoms with van der Waals surface area (Å²) in [6.07, 6.45) is 1.17. The molecule has 0 bridgehead atoms. The van der Waals surface area contributed by atoms with E-state index >= 15 is 0 Å². The van der Waals surface area contributed by atoms with Crippen molar-refractivity contribution in [3.05, 3.63) is 0 Å². The molecule has 1 fully saturated rings. The summed E-state index contributed by atoms with van der Waals surface area (Å²) >= 11 is 0. The largest absolute Gasteiger partial charge is 0.379 e. The summed E-state index contributed by atoms with van der Waals surface area (Å²) in [6.45, 7) is 7.74. The monoisotopic (exact) mass is 215 g/mol. The lowest BCUT2D eigenvalue weighted by Crippen LogP contribution is -2.41. The number of hydrogen-bond donors (Lipinski definition) is 1. The number of ether oxygens (including phenoxy) is 2. The van der Waals surface area contributed by atoms with Crippen molar-refractivity contribution in [2.45, 2.75) is 39.3 Å². The van der Waals surface area contributed by atoms with Gasteiger partial charge in [0.25, 0.3) is 0 Å². The summed E-state index contributed by atoms with van der Waals surface area (Å²) in [5.41, 5.74) is 0. The Morgan fingerprint density at radius 1 is 1.60 bits per heavy atom. The average molecular weight is 215 g/mol. The lowest BCUT2D eigenvalue weighted by Gasteiger charge is -2.23. The molecule has 1 saturated heterocycles. The Balaban J connectivity index is 2.27. The molecule has 4 nitrogen and oxygen atoms in total. The Labute approximate surface area is 91.3 Å². The molecular formula is C11H21NO3. The Kier molecular flexibility index (Phi) is 5.05. The van der Waals surface area contributed by atoms with Crippen molar-refractivity contribution < 1.29 is 14.3 Å². The van der Waals surface area contributed by atoms with E-state index in [0.717, 1.165) is 13.0 Å². The fraction of sp³-hybridized carbons (Fsp3) is 0.909. The lowest BCUT2D eigenvalue weighted by atomic mass is 10.1. The van der Waals surface area contributed by atoms with Crippen molar-refractivity contribution in [2.75, 3.05) is 19.8 Å². The number of hydrogen-bond acceptors (Lipinski definition) is 3. The number of amides is 1. The topological polar surface area (TPSA) is 47.6 Å². The van der Waals surface area contributed by atoms with E-state index in [2.05, 4.69) is 19.2 Å². The van der Waals surface area contributed by atoms with Crippen LogP contribution < -0.4 is 5.32 Å². The molecule has 15 heavy (non-hydrogen) atoms. The molecule has 1 aliphatic heterocycles. The van der Waals surface area contributed by atoms with Crippen molar-refractivity contribution in [3.63, 3.8) is 0 Å². The third kappa shape index (κ3) is 4.62. The first kappa shape index (κ1) is 12.5.